The SMILES string of the molecule is CNC(CCCCN)C(=O)NC(c1ccccc1)c1ccccc1. The van der Waals surface area contributed by atoms with Gasteiger partial charge in [-0.25, -0.2) is 0 Å². The molecule has 0 aromatic heterocycles. The maximum Gasteiger partial charge on any atom is 0.237 e. The second-order valence-corrected chi connectivity index (χ2v) is 5.89. The fourth-order valence-corrected chi connectivity index (χ4v) is 2.79. The Hall–Kier alpha value is -2.17. The number of hydrogen-bond donors (Lipinski definition) is 3. The summed E-state index contributed by atoms with van der Waals surface area (Å²) in [6.07, 6.45) is 2.67. The monoisotopic (exact) mass is 325 g/mol. The Kier molecular flexibility index (Phi) is 7.46. The van der Waals surface area contributed by atoms with Gasteiger partial charge in [-0.15, -0.1) is 0 Å². The molecular weight excluding hydrogens is 298 g/mol. The zero-order valence-electron chi connectivity index (χ0n) is 14.2. The predicted molar refractivity (Wildman–Crippen MR) is 98.6 cm³/mol. The summed E-state index contributed by atoms with van der Waals surface area (Å²) in [6.45, 7) is 0.661. The molecule has 2 aromatic carbocycles. The lowest BCUT2D eigenvalue weighted by Crippen LogP contribution is -2.44. The number of rotatable bonds is 9. The summed E-state index contributed by atoms with van der Waals surface area (Å²) in [4.78, 5) is 12.7. The Labute approximate surface area is 144 Å². The lowest BCUT2D eigenvalue weighted by Gasteiger charge is -2.23. The van der Waals surface area contributed by atoms with E-state index in [4.69, 9.17) is 5.73 Å². The number of likely N-dealkylation sites (N-methyl/N-ethyl adjacent to an activating group) is 1. The van der Waals surface area contributed by atoms with Gasteiger partial charge in [0, 0.05) is 0 Å². The minimum absolute atomic E-state index is 0.0206. The second kappa shape index (κ2) is 9.85. The van der Waals surface area contributed by atoms with Gasteiger partial charge in [-0.3, -0.25) is 4.79 Å². The fraction of sp³-hybridized carbons (Fsp3) is 0.350. The number of nitrogens with two attached hydrogens (primary N) is 1. The van der Waals surface area contributed by atoms with Gasteiger partial charge in [0.05, 0.1) is 12.1 Å². The minimum Gasteiger partial charge on any atom is -0.344 e. The first-order valence-electron chi connectivity index (χ1n) is 8.54. The molecule has 4 heteroatoms. The Balaban J connectivity index is 2.14. The van der Waals surface area contributed by atoms with Crippen molar-refractivity contribution in [3.63, 3.8) is 0 Å². The molecule has 0 spiro atoms. The highest BCUT2D eigenvalue weighted by Gasteiger charge is 2.21. The summed E-state index contributed by atoms with van der Waals surface area (Å²) < 4.78 is 0. The van der Waals surface area contributed by atoms with Crippen LogP contribution < -0.4 is 16.4 Å². The molecule has 4 nitrogen and oxygen atoms in total. The van der Waals surface area contributed by atoms with Crippen molar-refractivity contribution in [2.45, 2.75) is 31.3 Å². The van der Waals surface area contributed by atoms with E-state index in [1.165, 1.54) is 0 Å². The number of benzene rings is 2. The summed E-state index contributed by atoms with van der Waals surface area (Å²) in [6, 6.07) is 19.8. The summed E-state index contributed by atoms with van der Waals surface area (Å²) in [5, 5.41) is 6.31. The fourth-order valence-electron chi connectivity index (χ4n) is 2.79. The van der Waals surface area contributed by atoms with Gasteiger partial charge >= 0.3 is 0 Å². The maximum absolute atomic E-state index is 12.7. The number of nitrogens with one attached hydrogen (secondary N) is 2. The highest BCUT2D eigenvalue weighted by Crippen LogP contribution is 2.22. The minimum atomic E-state index is -0.202. The van der Waals surface area contributed by atoms with E-state index in [0.717, 1.165) is 30.4 Å². The molecule has 4 N–H and O–H groups in total. The molecule has 1 unspecified atom stereocenters. The lowest BCUT2D eigenvalue weighted by molar-refractivity contribution is -0.123. The standard InChI is InChI=1S/C20H27N3O/c1-22-18(14-8-9-15-21)20(24)23-19(16-10-4-2-5-11-16)17-12-6-3-7-13-17/h2-7,10-13,18-19,22H,8-9,14-15,21H2,1H3,(H,23,24). The number of carbonyl (C=O) groups is 1. The van der Waals surface area contributed by atoms with Crippen LogP contribution in [0.4, 0.5) is 0 Å². The topological polar surface area (TPSA) is 67.1 Å². The van der Waals surface area contributed by atoms with Gasteiger partial charge in [0.15, 0.2) is 0 Å². The maximum atomic E-state index is 12.7. The third kappa shape index (κ3) is 5.18. The van der Waals surface area contributed by atoms with Crippen molar-refractivity contribution in [3.05, 3.63) is 71.8 Å². The molecule has 0 bridgehead atoms. The first-order chi connectivity index (χ1) is 11.8. The van der Waals surface area contributed by atoms with Crippen molar-refractivity contribution in [2.24, 2.45) is 5.73 Å². The smallest absolute Gasteiger partial charge is 0.237 e. The summed E-state index contributed by atoms with van der Waals surface area (Å²) in [5.74, 6) is 0.0206. The first kappa shape index (κ1) is 18.2. The Morgan fingerprint density at radius 1 is 0.958 bits per heavy atom. The molecular formula is C20H27N3O. The zero-order valence-corrected chi connectivity index (χ0v) is 14.2. The van der Waals surface area contributed by atoms with Gasteiger partial charge in [-0.2, -0.15) is 0 Å². The van der Waals surface area contributed by atoms with Crippen LogP contribution in [0.2, 0.25) is 0 Å². The quantitative estimate of drug-likeness (QED) is 0.621. The molecule has 0 heterocycles. The molecule has 0 aliphatic carbocycles. The van der Waals surface area contributed by atoms with Crippen LogP contribution in [0.3, 0.4) is 0 Å². The number of amides is 1. The van der Waals surface area contributed by atoms with E-state index in [0.29, 0.717) is 6.54 Å². The van der Waals surface area contributed by atoms with Crippen molar-refractivity contribution >= 4 is 5.91 Å². The molecule has 0 aliphatic rings. The van der Waals surface area contributed by atoms with Gasteiger partial charge in [0.2, 0.25) is 5.91 Å². The van der Waals surface area contributed by atoms with Gasteiger partial charge in [-0.1, -0.05) is 67.1 Å². The molecule has 0 saturated carbocycles. The molecule has 2 rings (SSSR count). The molecule has 0 radical (unpaired) electrons. The van der Waals surface area contributed by atoms with Crippen LogP contribution in [-0.2, 0) is 4.79 Å². The van der Waals surface area contributed by atoms with E-state index < -0.39 is 0 Å². The van der Waals surface area contributed by atoms with Crippen molar-refractivity contribution < 1.29 is 4.79 Å². The largest absolute Gasteiger partial charge is 0.344 e. The van der Waals surface area contributed by atoms with Gasteiger partial charge in [-0.05, 0) is 37.6 Å². The molecule has 1 atom stereocenters. The number of hydrogen-bond acceptors (Lipinski definition) is 3. The van der Waals surface area contributed by atoms with E-state index in [-0.39, 0.29) is 18.0 Å². The van der Waals surface area contributed by atoms with Crippen molar-refractivity contribution in [1.82, 2.24) is 10.6 Å². The zero-order chi connectivity index (χ0) is 17.2. The lowest BCUT2D eigenvalue weighted by atomic mass is 9.98. The Morgan fingerprint density at radius 3 is 1.96 bits per heavy atom. The van der Waals surface area contributed by atoms with Crippen molar-refractivity contribution in [1.29, 1.82) is 0 Å². The third-order valence-electron chi connectivity index (χ3n) is 4.16. The summed E-state index contributed by atoms with van der Waals surface area (Å²) in [7, 11) is 1.83. The van der Waals surface area contributed by atoms with E-state index >= 15 is 0 Å². The number of carbonyl (C=O) groups excluding carboxylic acids is 1. The first-order valence-corrected chi connectivity index (χ1v) is 8.54. The summed E-state index contributed by atoms with van der Waals surface area (Å²) in [5.41, 5.74) is 7.70. The Morgan fingerprint density at radius 2 is 1.50 bits per heavy atom. The van der Waals surface area contributed by atoms with Gasteiger partial charge < -0.3 is 16.4 Å². The Bertz CT molecular complexity index is 561. The molecule has 24 heavy (non-hydrogen) atoms. The summed E-state index contributed by atoms with van der Waals surface area (Å²) >= 11 is 0. The average Bonchev–Trinajstić information content (AvgIpc) is 2.64. The van der Waals surface area contributed by atoms with Gasteiger partial charge in [0.25, 0.3) is 0 Å². The second-order valence-electron chi connectivity index (χ2n) is 5.89. The van der Waals surface area contributed by atoms with E-state index in [2.05, 4.69) is 10.6 Å². The van der Waals surface area contributed by atoms with E-state index in [1.807, 2.05) is 67.7 Å². The molecule has 0 aliphatic heterocycles. The predicted octanol–water partition coefficient (Wildman–Crippen LogP) is 2.61. The van der Waals surface area contributed by atoms with Crippen LogP contribution >= 0.6 is 0 Å². The van der Waals surface area contributed by atoms with Crippen molar-refractivity contribution in [2.75, 3.05) is 13.6 Å². The third-order valence-corrected chi connectivity index (χ3v) is 4.16. The highest BCUT2D eigenvalue weighted by atomic mass is 16.2. The van der Waals surface area contributed by atoms with Crippen LogP contribution in [0.25, 0.3) is 0 Å². The van der Waals surface area contributed by atoms with Crippen LogP contribution in [-0.4, -0.2) is 25.5 Å². The number of unbranched alkanes of at least 4 members (excludes halogenated alkanes) is 1. The van der Waals surface area contributed by atoms with E-state index in [1.54, 1.807) is 0 Å². The highest BCUT2D eigenvalue weighted by molar-refractivity contribution is 5.82. The molecule has 0 fully saturated rings. The van der Waals surface area contributed by atoms with Crippen LogP contribution in [0.1, 0.15) is 36.4 Å². The van der Waals surface area contributed by atoms with Crippen LogP contribution in [0, 0.1) is 0 Å². The molecule has 1 amide bonds. The average molecular weight is 325 g/mol. The molecule has 128 valence electrons. The normalized spacial score (nSPS) is 12.1. The van der Waals surface area contributed by atoms with Gasteiger partial charge in [0.1, 0.15) is 0 Å². The molecule has 2 aromatic rings. The van der Waals surface area contributed by atoms with E-state index in [9.17, 15) is 4.79 Å². The molecule has 0 saturated heterocycles. The van der Waals surface area contributed by atoms with Crippen LogP contribution in [0.5, 0.6) is 0 Å². The van der Waals surface area contributed by atoms with Crippen LogP contribution in [0.15, 0.2) is 60.7 Å². The van der Waals surface area contributed by atoms with Crippen molar-refractivity contribution in [3.8, 4) is 0 Å².